The molecule has 2 unspecified atom stereocenters. The number of amides is 1. The van der Waals surface area contributed by atoms with E-state index in [2.05, 4.69) is 4.98 Å². The second kappa shape index (κ2) is 7.14. The molecule has 1 aromatic heterocycles. The molecule has 1 amide bonds. The number of nitrogens with zero attached hydrogens (tertiary/aromatic N) is 2. The number of fused-ring (bicyclic) bond motifs is 3. The van der Waals surface area contributed by atoms with Crippen molar-refractivity contribution in [2.45, 2.75) is 38.7 Å². The Bertz CT molecular complexity index is 929. The lowest BCUT2D eigenvalue weighted by molar-refractivity contribution is -0.131. The molecule has 1 aliphatic heterocycles. The number of aliphatic hydroxyl groups excluding tert-OH is 1. The lowest BCUT2D eigenvalue weighted by atomic mass is 9.94. The molecule has 0 bridgehead atoms. The number of ether oxygens (including phenoxy) is 3. The number of rotatable bonds is 2. The van der Waals surface area contributed by atoms with Gasteiger partial charge in [-0.1, -0.05) is 0 Å². The number of likely N-dealkylation sites (N-methyl/N-ethyl adjacent to an activating group) is 1. The van der Waals surface area contributed by atoms with Crippen molar-refractivity contribution in [1.82, 2.24) is 9.88 Å². The molecule has 9 heteroatoms. The number of carbonyl (C=O) groups excluding carboxylic acids is 1. The minimum absolute atomic E-state index is 0.0101. The van der Waals surface area contributed by atoms with Gasteiger partial charge in [-0.25, -0.2) is 18.6 Å². The highest BCUT2D eigenvalue weighted by Crippen LogP contribution is 2.41. The Morgan fingerprint density at radius 3 is 2.46 bits per heavy atom. The number of hydrogen-bond acceptors (Lipinski definition) is 6. The number of hydrogen-bond donors (Lipinski definition) is 1. The van der Waals surface area contributed by atoms with Crippen molar-refractivity contribution in [3.8, 4) is 5.88 Å². The molecule has 1 aromatic carbocycles. The van der Waals surface area contributed by atoms with Crippen LogP contribution in [0.3, 0.4) is 0 Å². The van der Waals surface area contributed by atoms with Crippen molar-refractivity contribution < 1.29 is 32.9 Å². The van der Waals surface area contributed by atoms with E-state index < -0.39 is 35.7 Å². The first-order valence-corrected chi connectivity index (χ1v) is 8.65. The van der Waals surface area contributed by atoms with Crippen molar-refractivity contribution in [3.05, 3.63) is 35.0 Å². The molecule has 0 saturated heterocycles. The summed E-state index contributed by atoms with van der Waals surface area (Å²) in [5.74, 6) is -2.12. The van der Waals surface area contributed by atoms with Crippen LogP contribution >= 0.6 is 0 Å². The standard InChI is InChI=1S/C19H22F2N2O5/c1-19(2,3)28-18(25)23(4)13-8-27-17(24)15-14(13)9-6-11(20)12(21)7-10(9)16(22-15)26-5/h6-7,13,17,24H,8H2,1-5H3. The average molecular weight is 396 g/mol. The fourth-order valence-electron chi connectivity index (χ4n) is 3.12. The number of methoxy groups -OCH3 is 1. The molecule has 1 N–H and O–H groups in total. The molecule has 0 saturated carbocycles. The van der Waals surface area contributed by atoms with Crippen LogP contribution in [-0.4, -0.2) is 47.4 Å². The zero-order valence-electron chi connectivity index (χ0n) is 16.2. The zero-order chi connectivity index (χ0) is 20.8. The normalized spacial score (nSPS) is 19.3. The maximum absolute atomic E-state index is 14.0. The van der Waals surface area contributed by atoms with Gasteiger partial charge in [-0.05, 0) is 38.3 Å². The van der Waals surface area contributed by atoms with Crippen molar-refractivity contribution in [3.63, 3.8) is 0 Å². The summed E-state index contributed by atoms with van der Waals surface area (Å²) < 4.78 is 43.8. The second-order valence-corrected chi connectivity index (χ2v) is 7.52. The Balaban J connectivity index is 2.20. The van der Waals surface area contributed by atoms with E-state index in [-0.39, 0.29) is 29.0 Å². The van der Waals surface area contributed by atoms with Crippen molar-refractivity contribution in [1.29, 1.82) is 0 Å². The van der Waals surface area contributed by atoms with Gasteiger partial charge in [0.05, 0.1) is 19.8 Å². The van der Waals surface area contributed by atoms with Crippen LogP contribution in [0.2, 0.25) is 0 Å². The molecule has 3 rings (SSSR count). The van der Waals surface area contributed by atoms with Gasteiger partial charge in [0.25, 0.3) is 0 Å². The van der Waals surface area contributed by atoms with Gasteiger partial charge in [-0.2, -0.15) is 0 Å². The zero-order valence-corrected chi connectivity index (χ0v) is 16.2. The topological polar surface area (TPSA) is 81.1 Å². The van der Waals surface area contributed by atoms with Crippen LogP contribution in [-0.2, 0) is 9.47 Å². The summed E-state index contributed by atoms with van der Waals surface area (Å²) in [5.41, 5.74) is -0.303. The summed E-state index contributed by atoms with van der Waals surface area (Å²) in [6.07, 6.45) is -2.03. The molecule has 28 heavy (non-hydrogen) atoms. The van der Waals surface area contributed by atoms with Crippen LogP contribution in [0.25, 0.3) is 10.8 Å². The Kier molecular flexibility index (Phi) is 5.16. The van der Waals surface area contributed by atoms with Gasteiger partial charge < -0.3 is 24.2 Å². The third-order valence-electron chi connectivity index (χ3n) is 4.40. The lowest BCUT2D eigenvalue weighted by Crippen LogP contribution is -2.40. The smallest absolute Gasteiger partial charge is 0.410 e. The van der Waals surface area contributed by atoms with E-state index in [9.17, 15) is 18.7 Å². The second-order valence-electron chi connectivity index (χ2n) is 7.52. The van der Waals surface area contributed by atoms with Crippen LogP contribution in [0, 0.1) is 11.6 Å². The summed E-state index contributed by atoms with van der Waals surface area (Å²) in [4.78, 5) is 18.0. The number of pyridine rings is 1. The Labute approximate surface area is 160 Å². The number of aromatic nitrogens is 1. The van der Waals surface area contributed by atoms with E-state index in [1.807, 2.05) is 0 Å². The highest BCUT2D eigenvalue weighted by molar-refractivity contribution is 5.91. The molecule has 1 aliphatic rings. The number of carbonyl (C=O) groups is 1. The largest absolute Gasteiger partial charge is 0.481 e. The maximum Gasteiger partial charge on any atom is 0.410 e. The van der Waals surface area contributed by atoms with Crippen LogP contribution in [0.1, 0.15) is 44.4 Å². The molecule has 2 heterocycles. The van der Waals surface area contributed by atoms with Crippen LogP contribution in [0.15, 0.2) is 12.1 Å². The molecule has 2 aromatic rings. The first-order chi connectivity index (χ1) is 13.0. The molecule has 7 nitrogen and oxygen atoms in total. The molecule has 0 radical (unpaired) electrons. The molecule has 0 aliphatic carbocycles. The SMILES string of the molecule is COc1nc2c(c3cc(F)c(F)cc13)C(N(C)C(=O)OC(C)(C)C)COC2O. The molecular formula is C19H22F2N2O5. The minimum Gasteiger partial charge on any atom is -0.481 e. The van der Waals surface area contributed by atoms with Crippen LogP contribution < -0.4 is 4.74 Å². The minimum atomic E-state index is -1.40. The molecule has 0 fully saturated rings. The average Bonchev–Trinajstić information content (AvgIpc) is 2.60. The first-order valence-electron chi connectivity index (χ1n) is 8.65. The summed E-state index contributed by atoms with van der Waals surface area (Å²) >= 11 is 0. The molecular weight excluding hydrogens is 374 g/mol. The van der Waals surface area contributed by atoms with Gasteiger partial charge in [0.2, 0.25) is 5.88 Å². The van der Waals surface area contributed by atoms with Crippen LogP contribution in [0.5, 0.6) is 5.88 Å². The van der Waals surface area contributed by atoms with Gasteiger partial charge in [0.15, 0.2) is 17.9 Å². The predicted molar refractivity (Wildman–Crippen MR) is 95.9 cm³/mol. The van der Waals surface area contributed by atoms with Gasteiger partial charge >= 0.3 is 6.09 Å². The fraction of sp³-hybridized carbons (Fsp3) is 0.474. The first kappa shape index (κ1) is 20.2. The predicted octanol–water partition coefficient (Wildman–Crippen LogP) is 3.45. The van der Waals surface area contributed by atoms with E-state index in [4.69, 9.17) is 14.2 Å². The summed E-state index contributed by atoms with van der Waals surface area (Å²) in [6.45, 7) is 5.11. The van der Waals surface area contributed by atoms with E-state index in [1.165, 1.54) is 19.1 Å². The molecule has 2 atom stereocenters. The number of halogens is 2. The molecule has 0 spiro atoms. The van der Waals surface area contributed by atoms with Gasteiger partial charge in [0, 0.05) is 18.0 Å². The van der Waals surface area contributed by atoms with Crippen molar-refractivity contribution in [2.24, 2.45) is 0 Å². The monoisotopic (exact) mass is 396 g/mol. The van der Waals surface area contributed by atoms with Gasteiger partial charge in [-0.15, -0.1) is 0 Å². The third-order valence-corrected chi connectivity index (χ3v) is 4.40. The summed E-state index contributed by atoms with van der Waals surface area (Å²) in [5, 5.41) is 10.7. The summed E-state index contributed by atoms with van der Waals surface area (Å²) in [7, 11) is 2.83. The lowest BCUT2D eigenvalue weighted by Gasteiger charge is -2.36. The Morgan fingerprint density at radius 1 is 1.29 bits per heavy atom. The fourth-order valence-corrected chi connectivity index (χ4v) is 3.12. The van der Waals surface area contributed by atoms with Crippen molar-refractivity contribution in [2.75, 3.05) is 20.8 Å². The third kappa shape index (κ3) is 3.59. The number of benzene rings is 1. The van der Waals surface area contributed by atoms with E-state index in [0.29, 0.717) is 5.56 Å². The van der Waals surface area contributed by atoms with E-state index in [1.54, 1.807) is 20.8 Å². The van der Waals surface area contributed by atoms with Crippen molar-refractivity contribution >= 4 is 16.9 Å². The summed E-state index contributed by atoms with van der Waals surface area (Å²) in [6, 6.07) is 1.24. The van der Waals surface area contributed by atoms with E-state index in [0.717, 1.165) is 12.1 Å². The highest BCUT2D eigenvalue weighted by atomic mass is 19.2. The van der Waals surface area contributed by atoms with Gasteiger partial charge in [-0.3, -0.25) is 0 Å². The van der Waals surface area contributed by atoms with Crippen LogP contribution in [0.4, 0.5) is 13.6 Å². The highest BCUT2D eigenvalue weighted by Gasteiger charge is 2.37. The Morgan fingerprint density at radius 2 is 1.89 bits per heavy atom. The Hall–Kier alpha value is -2.52. The van der Waals surface area contributed by atoms with Gasteiger partial charge in [0.1, 0.15) is 11.3 Å². The molecule has 152 valence electrons. The number of aliphatic hydroxyl groups is 1. The van der Waals surface area contributed by atoms with E-state index >= 15 is 0 Å². The quantitative estimate of drug-likeness (QED) is 0.838. The maximum atomic E-state index is 14.0.